The fourth-order valence-corrected chi connectivity index (χ4v) is 2.96. The minimum Gasteiger partial charge on any atom is -0.304 e. The van der Waals surface area contributed by atoms with Crippen molar-refractivity contribution in [3.63, 3.8) is 0 Å². The third kappa shape index (κ3) is 3.16. The van der Waals surface area contributed by atoms with Crippen LogP contribution in [0.3, 0.4) is 0 Å². The molecule has 1 saturated carbocycles. The number of amides is 1. The Morgan fingerprint density at radius 2 is 1.79 bits per heavy atom. The van der Waals surface area contributed by atoms with Gasteiger partial charge in [0, 0.05) is 28.0 Å². The highest BCUT2D eigenvalue weighted by Gasteiger charge is 2.28. The average molecular weight is 277 g/mol. The predicted molar refractivity (Wildman–Crippen MR) is 78.3 cm³/mol. The van der Waals surface area contributed by atoms with Crippen LogP contribution in [0.15, 0.2) is 29.2 Å². The number of carbonyl (C=O) groups excluding carboxylic acids is 1. The van der Waals surface area contributed by atoms with Crippen molar-refractivity contribution in [1.82, 2.24) is 5.43 Å². The fraction of sp³-hybridized carbons (Fsp3) is 0.429. The van der Waals surface area contributed by atoms with Crippen LogP contribution in [0.25, 0.3) is 0 Å². The predicted octanol–water partition coefficient (Wildman–Crippen LogP) is 2.14. The molecule has 0 aromatic heterocycles. The van der Waals surface area contributed by atoms with E-state index in [2.05, 4.69) is 18.1 Å². The summed E-state index contributed by atoms with van der Waals surface area (Å²) in [5.74, 6) is 5.29. The van der Waals surface area contributed by atoms with Crippen LogP contribution >= 0.6 is 12.6 Å². The molecule has 0 heterocycles. The molecule has 4 nitrogen and oxygen atoms in total. The van der Waals surface area contributed by atoms with E-state index >= 15 is 0 Å². The first-order chi connectivity index (χ1) is 9.13. The van der Waals surface area contributed by atoms with Crippen LogP contribution in [0, 0.1) is 17.2 Å². The van der Waals surface area contributed by atoms with Crippen molar-refractivity contribution in [2.24, 2.45) is 17.7 Å². The number of benzene rings is 1. The topological polar surface area (TPSA) is 79.0 Å². The van der Waals surface area contributed by atoms with E-state index in [9.17, 15) is 4.79 Å². The molecule has 102 valence electrons. The molecular formula is C14H19N3OS. The maximum absolute atomic E-state index is 11.5. The van der Waals surface area contributed by atoms with Crippen LogP contribution in [-0.4, -0.2) is 11.6 Å². The second-order valence-corrected chi connectivity index (χ2v) is 5.47. The summed E-state index contributed by atoms with van der Waals surface area (Å²) in [4.78, 5) is 12.3. The first-order valence-electron chi connectivity index (χ1n) is 6.50. The number of rotatable bonds is 3. The van der Waals surface area contributed by atoms with E-state index in [1.54, 1.807) is 0 Å². The Bertz CT molecular complexity index is 481. The third-order valence-corrected chi connectivity index (χ3v) is 4.23. The number of nitrogens with two attached hydrogens (primary N) is 1. The second kappa shape index (κ2) is 6.21. The molecule has 0 radical (unpaired) electrons. The van der Waals surface area contributed by atoms with Crippen molar-refractivity contribution in [3.8, 4) is 0 Å². The molecule has 0 unspecified atom stereocenters. The molecule has 1 aliphatic rings. The van der Waals surface area contributed by atoms with Gasteiger partial charge >= 0.3 is 0 Å². The maximum Gasteiger partial charge on any atom is 0.236 e. The molecule has 2 rings (SSSR count). The lowest BCUT2D eigenvalue weighted by Crippen LogP contribution is -2.38. The summed E-state index contributed by atoms with van der Waals surface area (Å²) < 4.78 is 0. The van der Waals surface area contributed by atoms with Gasteiger partial charge in [-0.25, -0.2) is 5.84 Å². The van der Waals surface area contributed by atoms with E-state index in [-0.39, 0.29) is 17.7 Å². The highest BCUT2D eigenvalue weighted by atomic mass is 32.1. The Balaban J connectivity index is 2.00. The maximum atomic E-state index is 11.5. The van der Waals surface area contributed by atoms with Gasteiger partial charge in [-0.1, -0.05) is 18.2 Å². The van der Waals surface area contributed by atoms with Gasteiger partial charge in [0.2, 0.25) is 5.91 Å². The minimum atomic E-state index is -0.0837. The van der Waals surface area contributed by atoms with Crippen molar-refractivity contribution in [2.75, 3.05) is 0 Å². The van der Waals surface area contributed by atoms with Crippen LogP contribution in [-0.2, 0) is 4.79 Å². The molecule has 19 heavy (non-hydrogen) atoms. The zero-order chi connectivity index (χ0) is 13.8. The Morgan fingerprint density at radius 3 is 2.37 bits per heavy atom. The third-order valence-electron chi connectivity index (χ3n) is 3.84. The van der Waals surface area contributed by atoms with E-state index in [1.165, 1.54) is 0 Å². The van der Waals surface area contributed by atoms with E-state index in [1.807, 2.05) is 24.3 Å². The molecule has 1 aliphatic carbocycles. The number of hydrogen-bond acceptors (Lipinski definition) is 4. The first kappa shape index (κ1) is 14.1. The standard InChI is InChI=1S/C14H19N3OS/c15-13(11-3-1-2-4-12(11)19)9-5-7-10(8-6-9)14(18)17-16/h1-4,9-10,15,19H,5-8,16H2,(H,17,18). The molecule has 0 saturated heterocycles. The van der Waals surface area contributed by atoms with Crippen molar-refractivity contribution in [1.29, 1.82) is 5.41 Å². The smallest absolute Gasteiger partial charge is 0.236 e. The monoisotopic (exact) mass is 277 g/mol. The molecule has 0 atom stereocenters. The van der Waals surface area contributed by atoms with Crippen molar-refractivity contribution < 1.29 is 4.79 Å². The molecule has 5 heteroatoms. The quantitative estimate of drug-likeness (QED) is 0.224. The Kier molecular flexibility index (Phi) is 4.61. The van der Waals surface area contributed by atoms with Gasteiger partial charge in [0.15, 0.2) is 0 Å². The Morgan fingerprint density at radius 1 is 1.21 bits per heavy atom. The first-order valence-corrected chi connectivity index (χ1v) is 6.95. The largest absolute Gasteiger partial charge is 0.304 e. The lowest BCUT2D eigenvalue weighted by atomic mass is 9.78. The van der Waals surface area contributed by atoms with E-state index < -0.39 is 0 Å². The molecule has 0 bridgehead atoms. The molecule has 4 N–H and O–H groups in total. The van der Waals surface area contributed by atoms with Crippen LogP contribution in [0.2, 0.25) is 0 Å². The summed E-state index contributed by atoms with van der Waals surface area (Å²) in [6, 6.07) is 7.68. The van der Waals surface area contributed by atoms with Gasteiger partial charge in [-0.15, -0.1) is 12.6 Å². The average Bonchev–Trinajstić information content (AvgIpc) is 2.46. The zero-order valence-electron chi connectivity index (χ0n) is 10.7. The summed E-state index contributed by atoms with van der Waals surface area (Å²) in [6.45, 7) is 0. The van der Waals surface area contributed by atoms with Gasteiger partial charge in [0.1, 0.15) is 0 Å². The van der Waals surface area contributed by atoms with Crippen LogP contribution in [0.5, 0.6) is 0 Å². The molecule has 1 amide bonds. The van der Waals surface area contributed by atoms with Crippen molar-refractivity contribution in [2.45, 2.75) is 30.6 Å². The number of hydrazine groups is 1. The summed E-state index contributed by atoms with van der Waals surface area (Å²) in [5.41, 5.74) is 3.75. The van der Waals surface area contributed by atoms with Crippen LogP contribution in [0.4, 0.5) is 0 Å². The highest BCUT2D eigenvalue weighted by molar-refractivity contribution is 7.80. The summed E-state index contributed by atoms with van der Waals surface area (Å²) in [5, 5.41) is 8.31. The van der Waals surface area contributed by atoms with E-state index in [4.69, 9.17) is 11.3 Å². The zero-order valence-corrected chi connectivity index (χ0v) is 11.6. The van der Waals surface area contributed by atoms with E-state index in [0.717, 1.165) is 36.1 Å². The van der Waals surface area contributed by atoms with Gasteiger partial charge in [-0.05, 0) is 31.7 Å². The van der Waals surface area contributed by atoms with Gasteiger partial charge in [0.25, 0.3) is 0 Å². The number of hydrogen-bond donors (Lipinski definition) is 4. The molecule has 0 aliphatic heterocycles. The SMILES string of the molecule is N=C(c1ccccc1S)C1CCC(C(=O)NN)CC1. The normalized spacial score (nSPS) is 22.8. The highest BCUT2D eigenvalue weighted by Crippen LogP contribution is 2.32. The lowest BCUT2D eigenvalue weighted by molar-refractivity contribution is -0.126. The minimum absolute atomic E-state index is 0.000273. The molecule has 0 spiro atoms. The van der Waals surface area contributed by atoms with E-state index in [0.29, 0.717) is 5.71 Å². The van der Waals surface area contributed by atoms with Gasteiger partial charge < -0.3 is 5.41 Å². The molecule has 1 aromatic rings. The van der Waals surface area contributed by atoms with Crippen LogP contribution < -0.4 is 11.3 Å². The van der Waals surface area contributed by atoms with Gasteiger partial charge in [-0.3, -0.25) is 10.2 Å². The van der Waals surface area contributed by atoms with Gasteiger partial charge in [0.05, 0.1) is 0 Å². The summed E-state index contributed by atoms with van der Waals surface area (Å²) in [6.07, 6.45) is 3.31. The number of thiol groups is 1. The number of nitrogens with one attached hydrogen (secondary N) is 2. The molecular weight excluding hydrogens is 258 g/mol. The second-order valence-electron chi connectivity index (χ2n) is 4.99. The molecule has 1 fully saturated rings. The number of carbonyl (C=O) groups is 1. The molecule has 1 aromatic carbocycles. The Labute approximate surface area is 118 Å². The van der Waals surface area contributed by atoms with Gasteiger partial charge in [-0.2, -0.15) is 0 Å². The lowest BCUT2D eigenvalue weighted by Gasteiger charge is -2.28. The van der Waals surface area contributed by atoms with Crippen molar-refractivity contribution in [3.05, 3.63) is 29.8 Å². The van der Waals surface area contributed by atoms with Crippen molar-refractivity contribution >= 4 is 24.2 Å². The summed E-state index contributed by atoms with van der Waals surface area (Å²) in [7, 11) is 0. The Hall–Kier alpha value is -1.33. The fourth-order valence-electron chi connectivity index (χ4n) is 2.68. The van der Waals surface area contributed by atoms with Crippen LogP contribution in [0.1, 0.15) is 31.2 Å². The summed E-state index contributed by atoms with van der Waals surface area (Å²) >= 11 is 4.40.